The minimum absolute atomic E-state index is 0.00952. The van der Waals surface area contributed by atoms with E-state index in [0.29, 0.717) is 18.1 Å². The van der Waals surface area contributed by atoms with Crippen molar-refractivity contribution in [1.29, 1.82) is 0 Å². The number of hydrogen-bond acceptors (Lipinski definition) is 3. The van der Waals surface area contributed by atoms with Crippen molar-refractivity contribution in [2.75, 3.05) is 13.2 Å². The van der Waals surface area contributed by atoms with Gasteiger partial charge in [0.25, 0.3) is 0 Å². The predicted octanol–water partition coefficient (Wildman–Crippen LogP) is 4.95. The maximum Gasteiger partial charge on any atom is 0.339 e. The SMILES string of the molecule is C#CCOC(=O)c1ccc(OCCC(C)CCC(C)C(C)C)cc1. The van der Waals surface area contributed by atoms with Crippen molar-refractivity contribution in [3.63, 3.8) is 0 Å². The molecule has 0 saturated heterocycles. The molecule has 0 aliphatic heterocycles. The van der Waals surface area contributed by atoms with E-state index in [-0.39, 0.29) is 6.61 Å². The molecule has 0 aliphatic rings. The Morgan fingerprint density at radius 2 is 1.75 bits per heavy atom. The van der Waals surface area contributed by atoms with Crippen LogP contribution in [-0.4, -0.2) is 19.2 Å². The molecule has 1 rings (SSSR count). The van der Waals surface area contributed by atoms with Crippen LogP contribution in [0, 0.1) is 30.1 Å². The summed E-state index contributed by atoms with van der Waals surface area (Å²) >= 11 is 0. The predicted molar refractivity (Wildman–Crippen MR) is 98.1 cm³/mol. The van der Waals surface area contributed by atoms with Gasteiger partial charge in [0, 0.05) is 0 Å². The maximum absolute atomic E-state index is 11.6. The molecule has 0 aliphatic carbocycles. The van der Waals surface area contributed by atoms with Crippen LogP contribution in [-0.2, 0) is 4.74 Å². The van der Waals surface area contributed by atoms with E-state index in [4.69, 9.17) is 15.9 Å². The van der Waals surface area contributed by atoms with E-state index in [9.17, 15) is 4.79 Å². The number of benzene rings is 1. The highest BCUT2D eigenvalue weighted by Crippen LogP contribution is 2.21. The summed E-state index contributed by atoms with van der Waals surface area (Å²) in [4.78, 5) is 11.6. The number of rotatable bonds is 10. The van der Waals surface area contributed by atoms with E-state index < -0.39 is 5.97 Å². The molecule has 0 radical (unpaired) electrons. The van der Waals surface area contributed by atoms with E-state index in [1.165, 1.54) is 12.8 Å². The monoisotopic (exact) mass is 330 g/mol. The average molecular weight is 330 g/mol. The van der Waals surface area contributed by atoms with Gasteiger partial charge in [-0.1, -0.05) is 46.5 Å². The highest BCUT2D eigenvalue weighted by molar-refractivity contribution is 5.89. The van der Waals surface area contributed by atoms with Crippen LogP contribution < -0.4 is 4.74 Å². The standard InChI is InChI=1S/C21H30O3/c1-6-14-24-21(22)19-9-11-20(12-10-19)23-15-13-17(4)7-8-18(5)16(2)3/h1,9-12,16-18H,7-8,13-15H2,2-5H3. The van der Waals surface area contributed by atoms with Crippen molar-refractivity contribution >= 4 is 5.97 Å². The fourth-order valence-electron chi connectivity index (χ4n) is 2.28. The minimum atomic E-state index is -0.410. The second-order valence-electron chi connectivity index (χ2n) is 6.85. The summed E-state index contributed by atoms with van der Waals surface area (Å²) in [6.07, 6.45) is 8.61. The smallest absolute Gasteiger partial charge is 0.339 e. The first kappa shape index (κ1) is 20.1. The summed E-state index contributed by atoms with van der Waals surface area (Å²) in [6, 6.07) is 6.97. The van der Waals surface area contributed by atoms with Gasteiger partial charge in [-0.05, 0) is 48.4 Å². The zero-order valence-corrected chi connectivity index (χ0v) is 15.4. The zero-order valence-electron chi connectivity index (χ0n) is 15.4. The van der Waals surface area contributed by atoms with Gasteiger partial charge >= 0.3 is 5.97 Å². The van der Waals surface area contributed by atoms with Crippen LogP contribution in [0.2, 0.25) is 0 Å². The third kappa shape index (κ3) is 7.55. The molecule has 2 atom stereocenters. The highest BCUT2D eigenvalue weighted by Gasteiger charge is 2.10. The third-order valence-corrected chi connectivity index (χ3v) is 4.51. The van der Waals surface area contributed by atoms with Gasteiger partial charge in [-0.2, -0.15) is 0 Å². The molecule has 1 aromatic rings. The van der Waals surface area contributed by atoms with Crippen LogP contribution in [0.4, 0.5) is 0 Å². The Labute approximate surface area is 146 Å². The lowest BCUT2D eigenvalue weighted by molar-refractivity contribution is 0.0556. The Bertz CT molecular complexity index is 525. The number of ether oxygens (including phenoxy) is 2. The second kappa shape index (κ2) is 10.8. The number of hydrogen-bond donors (Lipinski definition) is 0. The molecule has 0 amide bonds. The molecule has 3 nitrogen and oxygen atoms in total. The molecule has 0 saturated carbocycles. The number of esters is 1. The van der Waals surface area contributed by atoms with Gasteiger partial charge in [0.15, 0.2) is 6.61 Å². The molecule has 0 heterocycles. The van der Waals surface area contributed by atoms with E-state index in [1.807, 2.05) is 0 Å². The molecule has 0 fully saturated rings. The molecule has 0 spiro atoms. The molecule has 2 unspecified atom stereocenters. The lowest BCUT2D eigenvalue weighted by Gasteiger charge is -2.18. The third-order valence-electron chi connectivity index (χ3n) is 4.51. The summed E-state index contributed by atoms with van der Waals surface area (Å²) < 4.78 is 10.6. The maximum atomic E-state index is 11.6. The van der Waals surface area contributed by atoms with E-state index in [0.717, 1.165) is 24.0 Å². The Hall–Kier alpha value is -1.95. The summed E-state index contributed by atoms with van der Waals surface area (Å²) in [5.41, 5.74) is 0.480. The van der Waals surface area contributed by atoms with Crippen LogP contribution in [0.3, 0.4) is 0 Å². The van der Waals surface area contributed by atoms with Crippen LogP contribution >= 0.6 is 0 Å². The summed E-state index contributed by atoms with van der Waals surface area (Å²) in [5.74, 6) is 4.81. The molecular formula is C21H30O3. The zero-order chi connectivity index (χ0) is 17.9. The summed E-state index contributed by atoms with van der Waals surface area (Å²) in [5, 5.41) is 0. The van der Waals surface area contributed by atoms with Crippen molar-refractivity contribution in [3.8, 4) is 18.1 Å². The lowest BCUT2D eigenvalue weighted by Crippen LogP contribution is -2.09. The van der Waals surface area contributed by atoms with Crippen LogP contribution in [0.15, 0.2) is 24.3 Å². The minimum Gasteiger partial charge on any atom is -0.494 e. The molecule has 3 heteroatoms. The summed E-state index contributed by atoms with van der Waals surface area (Å²) in [7, 11) is 0. The van der Waals surface area contributed by atoms with Crippen molar-refractivity contribution in [3.05, 3.63) is 29.8 Å². The molecular weight excluding hydrogens is 300 g/mol. The van der Waals surface area contributed by atoms with Crippen LogP contribution in [0.5, 0.6) is 5.75 Å². The van der Waals surface area contributed by atoms with Gasteiger partial charge in [0.1, 0.15) is 5.75 Å². The van der Waals surface area contributed by atoms with Crippen LogP contribution in [0.25, 0.3) is 0 Å². The van der Waals surface area contributed by atoms with E-state index in [1.54, 1.807) is 24.3 Å². The van der Waals surface area contributed by atoms with E-state index >= 15 is 0 Å². The van der Waals surface area contributed by atoms with Gasteiger partial charge in [0.2, 0.25) is 0 Å². The fraction of sp³-hybridized carbons (Fsp3) is 0.571. The van der Waals surface area contributed by atoms with Gasteiger partial charge in [-0.15, -0.1) is 6.42 Å². The largest absolute Gasteiger partial charge is 0.494 e. The molecule has 0 aromatic heterocycles. The van der Waals surface area contributed by atoms with Crippen molar-refractivity contribution < 1.29 is 14.3 Å². The van der Waals surface area contributed by atoms with Crippen molar-refractivity contribution in [2.24, 2.45) is 17.8 Å². The first-order valence-electron chi connectivity index (χ1n) is 8.77. The quantitative estimate of drug-likeness (QED) is 0.449. The highest BCUT2D eigenvalue weighted by atomic mass is 16.5. The molecule has 0 N–H and O–H groups in total. The van der Waals surface area contributed by atoms with Crippen LogP contribution in [0.1, 0.15) is 57.3 Å². The average Bonchev–Trinajstić information content (AvgIpc) is 2.58. The van der Waals surface area contributed by atoms with Crippen molar-refractivity contribution in [1.82, 2.24) is 0 Å². The van der Waals surface area contributed by atoms with Gasteiger partial charge in [-0.3, -0.25) is 0 Å². The Kier molecular flexibility index (Phi) is 9.01. The fourth-order valence-corrected chi connectivity index (χ4v) is 2.28. The topological polar surface area (TPSA) is 35.5 Å². The number of carbonyl (C=O) groups excluding carboxylic acids is 1. The van der Waals surface area contributed by atoms with Gasteiger partial charge in [-0.25, -0.2) is 4.79 Å². The first-order chi connectivity index (χ1) is 11.4. The normalized spacial score (nSPS) is 13.2. The molecule has 132 valence electrons. The molecule has 1 aromatic carbocycles. The Morgan fingerprint density at radius 1 is 1.08 bits per heavy atom. The number of carbonyl (C=O) groups is 1. The first-order valence-corrected chi connectivity index (χ1v) is 8.77. The Balaban J connectivity index is 2.30. The Morgan fingerprint density at radius 3 is 2.33 bits per heavy atom. The summed E-state index contributed by atoms with van der Waals surface area (Å²) in [6.45, 7) is 9.85. The van der Waals surface area contributed by atoms with Gasteiger partial charge in [0.05, 0.1) is 12.2 Å². The van der Waals surface area contributed by atoms with Gasteiger partial charge < -0.3 is 9.47 Å². The molecule has 0 bridgehead atoms. The van der Waals surface area contributed by atoms with Crippen molar-refractivity contribution in [2.45, 2.75) is 47.0 Å². The second-order valence-corrected chi connectivity index (χ2v) is 6.85. The molecule has 24 heavy (non-hydrogen) atoms. The lowest BCUT2D eigenvalue weighted by atomic mass is 9.89. The van der Waals surface area contributed by atoms with E-state index in [2.05, 4.69) is 33.6 Å². The number of terminal acetylenes is 1.